The Morgan fingerprint density at radius 3 is 2.73 bits per heavy atom. The van der Waals surface area contributed by atoms with Crippen LogP contribution in [-0.2, 0) is 4.74 Å². The van der Waals surface area contributed by atoms with Crippen LogP contribution in [0.25, 0.3) is 10.2 Å². The summed E-state index contributed by atoms with van der Waals surface area (Å²) in [4.78, 5) is 27.6. The first-order valence-corrected chi connectivity index (χ1v) is 10.0. The van der Waals surface area contributed by atoms with Crippen LogP contribution in [0, 0.1) is 12.8 Å². The van der Waals surface area contributed by atoms with Crippen molar-refractivity contribution in [3.8, 4) is 0 Å². The van der Waals surface area contributed by atoms with Crippen molar-refractivity contribution in [2.75, 3.05) is 38.7 Å². The van der Waals surface area contributed by atoms with Gasteiger partial charge in [-0.25, -0.2) is 14.8 Å². The summed E-state index contributed by atoms with van der Waals surface area (Å²) in [6, 6.07) is 0.458. The molecule has 0 bridgehead atoms. The van der Waals surface area contributed by atoms with Crippen LogP contribution in [0.4, 0.5) is 5.82 Å². The van der Waals surface area contributed by atoms with Crippen LogP contribution in [0.3, 0.4) is 0 Å². The Kier molecular flexibility index (Phi) is 5.77. The van der Waals surface area contributed by atoms with Gasteiger partial charge in [0.2, 0.25) is 0 Å². The van der Waals surface area contributed by atoms with E-state index >= 15 is 0 Å². The number of hydrogen-bond donors (Lipinski definition) is 0. The van der Waals surface area contributed by atoms with Crippen LogP contribution in [0.2, 0.25) is 0 Å². The van der Waals surface area contributed by atoms with E-state index in [-0.39, 0.29) is 5.97 Å². The molecule has 2 aromatic heterocycles. The number of thiophene rings is 1. The third-order valence-electron chi connectivity index (χ3n) is 5.01. The van der Waals surface area contributed by atoms with Gasteiger partial charge in [0, 0.05) is 13.1 Å². The number of aromatic nitrogens is 2. The van der Waals surface area contributed by atoms with Gasteiger partial charge in [0.05, 0.1) is 12.0 Å². The lowest BCUT2D eigenvalue weighted by Gasteiger charge is -2.36. The number of anilines is 1. The number of rotatable bonds is 5. The second-order valence-corrected chi connectivity index (χ2v) is 8.57. The molecule has 1 aliphatic rings. The van der Waals surface area contributed by atoms with Crippen LogP contribution in [-0.4, -0.2) is 60.7 Å². The molecule has 0 atom stereocenters. The van der Waals surface area contributed by atoms with E-state index in [0.717, 1.165) is 47.5 Å². The van der Waals surface area contributed by atoms with Gasteiger partial charge in [-0.3, -0.25) is 0 Å². The quantitative estimate of drug-likeness (QED) is 0.746. The van der Waals surface area contributed by atoms with Crippen LogP contribution < -0.4 is 4.90 Å². The zero-order valence-corrected chi connectivity index (χ0v) is 17.1. The van der Waals surface area contributed by atoms with E-state index in [9.17, 15) is 4.79 Å². The normalized spacial score (nSPS) is 16.4. The van der Waals surface area contributed by atoms with Crippen LogP contribution >= 0.6 is 11.3 Å². The van der Waals surface area contributed by atoms with Gasteiger partial charge in [-0.05, 0) is 51.4 Å². The van der Waals surface area contributed by atoms with Crippen LogP contribution in [0.1, 0.15) is 41.9 Å². The van der Waals surface area contributed by atoms with Gasteiger partial charge in [-0.2, -0.15) is 0 Å². The Morgan fingerprint density at radius 1 is 1.38 bits per heavy atom. The molecular weight excluding hydrogens is 348 g/mol. The number of ether oxygens (including phenoxy) is 1. The first kappa shape index (κ1) is 19.0. The molecule has 1 aliphatic heterocycles. The largest absolute Gasteiger partial charge is 0.461 e. The molecule has 2 aromatic rings. The minimum Gasteiger partial charge on any atom is -0.461 e. The zero-order valence-electron chi connectivity index (χ0n) is 16.3. The Bertz CT molecular complexity index is 781. The lowest BCUT2D eigenvalue weighted by molar-refractivity contribution is 0.0464. The van der Waals surface area contributed by atoms with Gasteiger partial charge in [-0.15, -0.1) is 11.3 Å². The number of aryl methyl sites for hydroxylation is 1. The summed E-state index contributed by atoms with van der Waals surface area (Å²) in [5.74, 6) is 0.980. The van der Waals surface area contributed by atoms with E-state index in [1.54, 1.807) is 6.33 Å². The highest BCUT2D eigenvalue weighted by molar-refractivity contribution is 7.20. The monoisotopic (exact) mass is 376 g/mol. The summed E-state index contributed by atoms with van der Waals surface area (Å²) in [6.45, 7) is 8.66. The Labute approximate surface area is 159 Å². The Morgan fingerprint density at radius 2 is 2.08 bits per heavy atom. The van der Waals surface area contributed by atoms with E-state index in [2.05, 4.69) is 33.9 Å². The lowest BCUT2D eigenvalue weighted by atomic mass is 10.0. The summed E-state index contributed by atoms with van der Waals surface area (Å²) in [6.07, 6.45) is 3.83. The molecular formula is C19H28N4O2S. The first-order chi connectivity index (χ1) is 12.4. The van der Waals surface area contributed by atoms with E-state index < -0.39 is 0 Å². The van der Waals surface area contributed by atoms with Crippen molar-refractivity contribution >= 4 is 33.3 Å². The number of carbonyl (C=O) groups is 1. The van der Waals surface area contributed by atoms with Gasteiger partial charge >= 0.3 is 5.97 Å². The van der Waals surface area contributed by atoms with Crippen LogP contribution in [0.15, 0.2) is 6.33 Å². The van der Waals surface area contributed by atoms with Crippen molar-refractivity contribution in [1.29, 1.82) is 0 Å². The van der Waals surface area contributed by atoms with Crippen LogP contribution in [0.5, 0.6) is 0 Å². The van der Waals surface area contributed by atoms with Crippen molar-refractivity contribution in [2.24, 2.45) is 5.92 Å². The van der Waals surface area contributed by atoms with Crippen molar-refractivity contribution in [3.63, 3.8) is 0 Å². The van der Waals surface area contributed by atoms with E-state index in [1.807, 2.05) is 20.8 Å². The molecule has 7 heteroatoms. The molecule has 26 heavy (non-hydrogen) atoms. The van der Waals surface area contributed by atoms with Gasteiger partial charge in [0.1, 0.15) is 21.9 Å². The molecule has 1 fully saturated rings. The lowest BCUT2D eigenvalue weighted by Crippen LogP contribution is -2.42. The maximum Gasteiger partial charge on any atom is 0.348 e. The van der Waals surface area contributed by atoms with Gasteiger partial charge < -0.3 is 14.5 Å². The first-order valence-electron chi connectivity index (χ1n) is 9.21. The number of likely N-dealkylation sites (tertiary alicyclic amines) is 1. The predicted octanol–water partition coefficient (Wildman–Crippen LogP) is 3.34. The molecule has 6 nitrogen and oxygen atoms in total. The van der Waals surface area contributed by atoms with E-state index in [4.69, 9.17) is 4.74 Å². The molecule has 3 heterocycles. The minimum absolute atomic E-state index is 0.257. The smallest absolute Gasteiger partial charge is 0.348 e. The summed E-state index contributed by atoms with van der Waals surface area (Å²) < 4.78 is 5.43. The molecule has 3 rings (SSSR count). The highest BCUT2D eigenvalue weighted by Gasteiger charge is 2.26. The molecule has 0 aliphatic carbocycles. The standard InChI is InChI=1S/C19H28N4O2S/c1-12(2)10-25-19(24)16-13(3)15-17(20-11-21-18(15)26-16)23(5)14-6-8-22(4)9-7-14/h11-12,14H,6-10H2,1-5H3. The SMILES string of the molecule is Cc1c(C(=O)OCC(C)C)sc2ncnc(N(C)C3CCN(C)CC3)c12. The van der Waals surface area contributed by atoms with Gasteiger partial charge in [-0.1, -0.05) is 13.8 Å². The number of piperidine rings is 1. The average Bonchev–Trinajstić information content (AvgIpc) is 2.97. The molecule has 0 amide bonds. The van der Waals surface area contributed by atoms with Crippen molar-refractivity contribution in [1.82, 2.24) is 14.9 Å². The number of carbonyl (C=O) groups excluding carboxylic acids is 1. The number of esters is 1. The topological polar surface area (TPSA) is 58.6 Å². The molecule has 0 spiro atoms. The predicted molar refractivity (Wildman–Crippen MR) is 106 cm³/mol. The van der Waals surface area contributed by atoms with Crippen molar-refractivity contribution in [3.05, 3.63) is 16.8 Å². The third-order valence-corrected chi connectivity index (χ3v) is 6.19. The second-order valence-electron chi connectivity index (χ2n) is 7.57. The fourth-order valence-electron chi connectivity index (χ4n) is 3.38. The minimum atomic E-state index is -0.257. The number of hydrogen-bond acceptors (Lipinski definition) is 7. The third kappa shape index (κ3) is 3.83. The summed E-state index contributed by atoms with van der Waals surface area (Å²) >= 11 is 1.40. The fraction of sp³-hybridized carbons (Fsp3) is 0.632. The summed E-state index contributed by atoms with van der Waals surface area (Å²) in [7, 11) is 4.27. The summed E-state index contributed by atoms with van der Waals surface area (Å²) in [5, 5.41) is 0.982. The van der Waals surface area contributed by atoms with Crippen molar-refractivity contribution in [2.45, 2.75) is 39.7 Å². The molecule has 0 unspecified atom stereocenters. The van der Waals surface area contributed by atoms with Gasteiger partial charge in [0.15, 0.2) is 0 Å². The molecule has 0 radical (unpaired) electrons. The zero-order chi connectivity index (χ0) is 18.8. The highest BCUT2D eigenvalue weighted by atomic mass is 32.1. The molecule has 0 N–H and O–H groups in total. The van der Waals surface area contributed by atoms with Crippen molar-refractivity contribution < 1.29 is 9.53 Å². The Hall–Kier alpha value is -1.73. The Balaban J connectivity index is 1.91. The average molecular weight is 377 g/mol. The number of fused-ring (bicyclic) bond motifs is 1. The van der Waals surface area contributed by atoms with E-state index in [1.165, 1.54) is 11.3 Å². The highest BCUT2D eigenvalue weighted by Crippen LogP contribution is 2.36. The molecule has 0 saturated carbocycles. The maximum absolute atomic E-state index is 12.5. The maximum atomic E-state index is 12.5. The molecule has 0 aromatic carbocycles. The van der Waals surface area contributed by atoms with E-state index in [0.29, 0.717) is 23.4 Å². The fourth-order valence-corrected chi connectivity index (χ4v) is 4.42. The molecule has 1 saturated heterocycles. The second kappa shape index (κ2) is 7.88. The number of nitrogens with zero attached hydrogens (tertiary/aromatic N) is 4. The molecule has 142 valence electrons. The van der Waals surface area contributed by atoms with Gasteiger partial charge in [0.25, 0.3) is 0 Å². The summed E-state index contributed by atoms with van der Waals surface area (Å²) in [5.41, 5.74) is 0.925.